The van der Waals surface area contributed by atoms with Crippen LogP contribution in [0.1, 0.15) is 24.3 Å². The highest BCUT2D eigenvalue weighted by Gasteiger charge is 2.20. The maximum Gasteiger partial charge on any atom is 0.259 e. The lowest BCUT2D eigenvalue weighted by atomic mass is 9.89. The molecule has 5 rings (SSSR count). The summed E-state index contributed by atoms with van der Waals surface area (Å²) in [5.41, 5.74) is 2.80. The molecule has 10 heteroatoms. The van der Waals surface area contributed by atoms with Crippen molar-refractivity contribution in [3.8, 4) is 17.0 Å². The number of anilines is 2. The van der Waals surface area contributed by atoms with Gasteiger partial charge in [-0.1, -0.05) is 12.1 Å². The zero-order chi connectivity index (χ0) is 26.9. The van der Waals surface area contributed by atoms with Gasteiger partial charge in [0.1, 0.15) is 11.6 Å². The van der Waals surface area contributed by atoms with E-state index in [9.17, 15) is 13.2 Å². The van der Waals surface area contributed by atoms with Crippen LogP contribution in [0.25, 0.3) is 22.0 Å². The van der Waals surface area contributed by atoms with Gasteiger partial charge in [0, 0.05) is 17.4 Å². The van der Waals surface area contributed by atoms with Gasteiger partial charge in [0.15, 0.2) is 0 Å². The van der Waals surface area contributed by atoms with Gasteiger partial charge < -0.3 is 19.9 Å². The highest BCUT2D eigenvalue weighted by Crippen LogP contribution is 2.35. The largest absolute Gasteiger partial charge is 0.496 e. The van der Waals surface area contributed by atoms with Gasteiger partial charge in [0.2, 0.25) is 10.0 Å². The Bertz CT molecular complexity index is 1630. The second kappa shape index (κ2) is 10.6. The number of nitrogens with one attached hydrogen (secondary N) is 3. The first-order valence-electron chi connectivity index (χ1n) is 12.5. The number of methoxy groups -OCH3 is 1. The molecule has 0 radical (unpaired) electrons. The van der Waals surface area contributed by atoms with Crippen LogP contribution in [-0.2, 0) is 10.0 Å². The summed E-state index contributed by atoms with van der Waals surface area (Å²) >= 11 is 0. The number of benzene rings is 2. The molecule has 3 heterocycles. The van der Waals surface area contributed by atoms with E-state index in [1.807, 2.05) is 12.1 Å². The first-order chi connectivity index (χ1) is 18.3. The van der Waals surface area contributed by atoms with Crippen LogP contribution < -0.4 is 20.3 Å². The Morgan fingerprint density at radius 1 is 1.05 bits per heavy atom. The molecule has 4 aromatic rings. The molecule has 2 aromatic heterocycles. The van der Waals surface area contributed by atoms with Crippen LogP contribution in [0.2, 0.25) is 0 Å². The predicted octanol–water partition coefficient (Wildman–Crippen LogP) is 4.06. The van der Waals surface area contributed by atoms with Crippen molar-refractivity contribution in [1.82, 2.24) is 19.6 Å². The molecule has 0 aliphatic carbocycles. The zero-order valence-corrected chi connectivity index (χ0v) is 22.4. The average molecular weight is 534 g/mol. The van der Waals surface area contributed by atoms with Gasteiger partial charge >= 0.3 is 0 Å². The number of sulfonamides is 1. The highest BCUT2D eigenvalue weighted by atomic mass is 32.2. The Hall–Kier alpha value is -3.73. The predicted molar refractivity (Wildman–Crippen MR) is 150 cm³/mol. The van der Waals surface area contributed by atoms with Crippen molar-refractivity contribution < 1.29 is 13.2 Å². The number of nitrogens with zero attached hydrogens (tertiary/aromatic N) is 2. The Kier molecular flexibility index (Phi) is 7.20. The van der Waals surface area contributed by atoms with E-state index in [0.717, 1.165) is 31.6 Å². The molecule has 0 saturated carbocycles. The number of likely N-dealkylation sites (tertiary alicyclic amines) is 1. The molecule has 9 nitrogen and oxygen atoms in total. The van der Waals surface area contributed by atoms with Crippen LogP contribution in [-0.4, -0.2) is 57.6 Å². The van der Waals surface area contributed by atoms with Gasteiger partial charge in [-0.05, 0) is 99.4 Å². The molecular formula is C28H31N5O4S. The molecule has 38 heavy (non-hydrogen) atoms. The third-order valence-corrected chi connectivity index (χ3v) is 8.56. The molecule has 1 aliphatic heterocycles. The topological polar surface area (TPSA) is 116 Å². The van der Waals surface area contributed by atoms with Gasteiger partial charge in [0.05, 0.1) is 23.1 Å². The highest BCUT2D eigenvalue weighted by molar-refractivity contribution is 7.89. The van der Waals surface area contributed by atoms with E-state index in [1.54, 1.807) is 24.4 Å². The minimum atomic E-state index is -3.68. The molecule has 0 bridgehead atoms. The van der Waals surface area contributed by atoms with E-state index in [4.69, 9.17) is 9.72 Å². The minimum Gasteiger partial charge on any atom is -0.496 e. The maximum atomic E-state index is 12.8. The first kappa shape index (κ1) is 25.9. The van der Waals surface area contributed by atoms with Crippen LogP contribution >= 0.6 is 0 Å². The van der Waals surface area contributed by atoms with Crippen LogP contribution in [0, 0.1) is 0 Å². The first-order valence-corrected chi connectivity index (χ1v) is 14.0. The molecule has 0 amide bonds. The molecule has 0 spiro atoms. The summed E-state index contributed by atoms with van der Waals surface area (Å²) in [6.07, 6.45) is 3.85. The molecule has 0 atom stereocenters. The summed E-state index contributed by atoms with van der Waals surface area (Å²) in [6.45, 7) is 2.19. The third kappa shape index (κ3) is 5.15. The van der Waals surface area contributed by atoms with Gasteiger partial charge in [-0.2, -0.15) is 0 Å². The SMILES string of the molecule is CNS(=O)(=O)c1ccc(OC)c(-c2cc3cc[nH]c(=O)c3c(Nc3ccc(C4CCN(C)CC4)cc3)n2)c1. The Morgan fingerprint density at radius 2 is 1.79 bits per heavy atom. The van der Waals surface area contributed by atoms with Gasteiger partial charge in [-0.3, -0.25) is 4.79 Å². The van der Waals surface area contributed by atoms with Crippen molar-refractivity contribution in [3.05, 3.63) is 76.7 Å². The fourth-order valence-electron chi connectivity index (χ4n) is 4.93. The van der Waals surface area contributed by atoms with Crippen molar-refractivity contribution in [2.45, 2.75) is 23.7 Å². The fourth-order valence-corrected chi connectivity index (χ4v) is 5.69. The summed E-state index contributed by atoms with van der Waals surface area (Å²) < 4.78 is 32.8. The van der Waals surface area contributed by atoms with Gasteiger partial charge in [0.25, 0.3) is 5.56 Å². The summed E-state index contributed by atoms with van der Waals surface area (Å²) in [5.74, 6) is 1.37. The number of ether oxygens (including phenoxy) is 1. The molecule has 2 aromatic carbocycles. The standard InChI is InChI=1S/C28H31N5O4S/c1-29-38(35,36)22-8-9-25(37-3)23(17-22)24-16-20-10-13-30-28(34)26(20)27(32-24)31-21-6-4-18(5-7-21)19-11-14-33(2)15-12-19/h4-10,13,16-17,19,29H,11-12,14-15H2,1-3H3,(H,30,34)(H,31,32). The zero-order valence-electron chi connectivity index (χ0n) is 21.6. The van der Waals surface area contributed by atoms with E-state index in [0.29, 0.717) is 39.5 Å². The lowest BCUT2D eigenvalue weighted by molar-refractivity contribution is 0.255. The average Bonchev–Trinajstić information content (AvgIpc) is 2.93. The van der Waals surface area contributed by atoms with E-state index < -0.39 is 10.0 Å². The summed E-state index contributed by atoms with van der Waals surface area (Å²) in [5, 5.41) is 4.39. The molecule has 1 fully saturated rings. The Morgan fingerprint density at radius 3 is 2.47 bits per heavy atom. The number of pyridine rings is 2. The molecule has 0 unspecified atom stereocenters. The van der Waals surface area contributed by atoms with Crippen LogP contribution in [0.3, 0.4) is 0 Å². The number of hydrogen-bond acceptors (Lipinski definition) is 7. The summed E-state index contributed by atoms with van der Waals surface area (Å²) in [6, 6.07) is 16.4. The lowest BCUT2D eigenvalue weighted by Crippen LogP contribution is -2.29. The van der Waals surface area contributed by atoms with Gasteiger partial charge in [-0.15, -0.1) is 0 Å². The number of fused-ring (bicyclic) bond motifs is 1. The number of H-pyrrole nitrogens is 1. The lowest BCUT2D eigenvalue weighted by Gasteiger charge is -2.29. The smallest absolute Gasteiger partial charge is 0.259 e. The van der Waals surface area contributed by atoms with Crippen molar-refractivity contribution in [1.29, 1.82) is 0 Å². The van der Waals surface area contributed by atoms with Gasteiger partial charge in [-0.25, -0.2) is 18.1 Å². The van der Waals surface area contributed by atoms with Crippen molar-refractivity contribution in [2.75, 3.05) is 39.6 Å². The van der Waals surface area contributed by atoms with Crippen LogP contribution in [0.5, 0.6) is 5.75 Å². The Balaban J connectivity index is 1.56. The quantitative estimate of drug-likeness (QED) is 0.328. The number of hydrogen-bond donors (Lipinski definition) is 3. The van der Waals surface area contributed by atoms with E-state index in [2.05, 4.69) is 39.1 Å². The van der Waals surface area contributed by atoms with E-state index >= 15 is 0 Å². The normalized spacial score (nSPS) is 15.0. The van der Waals surface area contributed by atoms with Crippen LogP contribution in [0.4, 0.5) is 11.5 Å². The van der Waals surface area contributed by atoms with E-state index in [1.165, 1.54) is 31.9 Å². The molecular weight excluding hydrogens is 502 g/mol. The number of aromatic nitrogens is 2. The molecule has 198 valence electrons. The third-order valence-electron chi connectivity index (χ3n) is 7.14. The second-order valence-corrected chi connectivity index (χ2v) is 11.4. The molecule has 1 saturated heterocycles. The molecule has 3 N–H and O–H groups in total. The summed E-state index contributed by atoms with van der Waals surface area (Å²) in [4.78, 5) is 22.8. The Labute approximate surface area is 221 Å². The number of piperidine rings is 1. The summed E-state index contributed by atoms with van der Waals surface area (Å²) in [7, 11) is 1.35. The maximum absolute atomic E-state index is 12.8. The minimum absolute atomic E-state index is 0.0858. The molecule has 1 aliphatic rings. The number of aromatic amines is 1. The van der Waals surface area contributed by atoms with Crippen molar-refractivity contribution in [2.24, 2.45) is 0 Å². The number of rotatable bonds is 7. The van der Waals surface area contributed by atoms with Crippen molar-refractivity contribution >= 4 is 32.3 Å². The van der Waals surface area contributed by atoms with Crippen molar-refractivity contribution in [3.63, 3.8) is 0 Å². The van der Waals surface area contributed by atoms with E-state index in [-0.39, 0.29) is 10.5 Å². The second-order valence-electron chi connectivity index (χ2n) is 9.52. The fraction of sp³-hybridized carbons (Fsp3) is 0.286. The monoisotopic (exact) mass is 533 g/mol. The van der Waals surface area contributed by atoms with Crippen LogP contribution in [0.15, 0.2) is 70.5 Å².